The van der Waals surface area contributed by atoms with Crippen LogP contribution in [0.15, 0.2) is 54.6 Å². The number of ether oxygens (including phenoxy) is 2. The summed E-state index contributed by atoms with van der Waals surface area (Å²) in [5.41, 5.74) is 0.966. The molecule has 5 nitrogen and oxygen atoms in total. The Kier molecular flexibility index (Phi) is 6.63. The molecule has 0 fully saturated rings. The van der Waals surface area contributed by atoms with Gasteiger partial charge in [0.1, 0.15) is 5.75 Å². The van der Waals surface area contributed by atoms with Crippen LogP contribution in [0.3, 0.4) is 0 Å². The molecule has 0 unspecified atom stereocenters. The van der Waals surface area contributed by atoms with Gasteiger partial charge in [0.25, 0.3) is 5.91 Å². The standard InChI is InChI=1S/C18H18ClNO4/c1-13(18(22)20-11-14-6-3-2-4-7-14)24-17(21)12-23-16-9-5-8-15(19)10-16/h2-10,13H,11-12H2,1H3,(H,20,22)/t13-/m0/s1. The summed E-state index contributed by atoms with van der Waals surface area (Å²) in [6, 6.07) is 16.1. The topological polar surface area (TPSA) is 64.6 Å². The van der Waals surface area contributed by atoms with Crippen molar-refractivity contribution < 1.29 is 19.1 Å². The van der Waals surface area contributed by atoms with E-state index in [-0.39, 0.29) is 12.5 Å². The number of benzene rings is 2. The van der Waals surface area contributed by atoms with Crippen LogP contribution in [0.2, 0.25) is 5.02 Å². The predicted octanol–water partition coefficient (Wildman–Crippen LogP) is 2.97. The molecule has 0 bridgehead atoms. The highest BCUT2D eigenvalue weighted by Gasteiger charge is 2.17. The van der Waals surface area contributed by atoms with Crippen LogP contribution in [-0.2, 0) is 20.9 Å². The Morgan fingerprint density at radius 3 is 2.58 bits per heavy atom. The van der Waals surface area contributed by atoms with E-state index in [1.807, 2.05) is 30.3 Å². The summed E-state index contributed by atoms with van der Waals surface area (Å²) in [6.45, 7) is 1.59. The maximum absolute atomic E-state index is 11.9. The second-order valence-electron chi connectivity index (χ2n) is 5.08. The SMILES string of the molecule is C[C@H](OC(=O)COc1cccc(Cl)c1)C(=O)NCc1ccccc1. The number of rotatable bonds is 7. The smallest absolute Gasteiger partial charge is 0.344 e. The van der Waals surface area contributed by atoms with Gasteiger partial charge in [-0.1, -0.05) is 48.0 Å². The lowest BCUT2D eigenvalue weighted by atomic mass is 10.2. The zero-order chi connectivity index (χ0) is 17.4. The molecular weight excluding hydrogens is 330 g/mol. The van der Waals surface area contributed by atoms with E-state index < -0.39 is 12.1 Å². The molecule has 1 N–H and O–H groups in total. The molecule has 0 radical (unpaired) electrons. The maximum atomic E-state index is 11.9. The van der Waals surface area contributed by atoms with Gasteiger partial charge in [-0.05, 0) is 30.7 Å². The Hall–Kier alpha value is -2.53. The van der Waals surface area contributed by atoms with Crippen LogP contribution in [0.5, 0.6) is 5.75 Å². The molecule has 6 heteroatoms. The summed E-state index contributed by atoms with van der Waals surface area (Å²) < 4.78 is 10.3. The van der Waals surface area contributed by atoms with E-state index in [0.717, 1.165) is 5.56 Å². The molecule has 0 aliphatic carbocycles. The first-order valence-electron chi connectivity index (χ1n) is 7.44. The lowest BCUT2D eigenvalue weighted by Gasteiger charge is -2.14. The number of hydrogen-bond donors (Lipinski definition) is 1. The van der Waals surface area contributed by atoms with E-state index in [1.54, 1.807) is 24.3 Å². The Bertz CT molecular complexity index is 690. The molecule has 2 rings (SSSR count). The van der Waals surface area contributed by atoms with Crippen LogP contribution in [0.1, 0.15) is 12.5 Å². The lowest BCUT2D eigenvalue weighted by Crippen LogP contribution is -2.36. The van der Waals surface area contributed by atoms with Gasteiger partial charge in [0, 0.05) is 11.6 Å². The number of esters is 1. The summed E-state index contributed by atoms with van der Waals surface area (Å²) in [7, 11) is 0. The van der Waals surface area contributed by atoms with Gasteiger partial charge in [-0.25, -0.2) is 4.79 Å². The molecule has 2 aromatic rings. The largest absolute Gasteiger partial charge is 0.482 e. The molecule has 0 aliphatic heterocycles. The van der Waals surface area contributed by atoms with Crippen molar-refractivity contribution in [3.63, 3.8) is 0 Å². The van der Waals surface area contributed by atoms with Gasteiger partial charge in [-0.15, -0.1) is 0 Å². The Morgan fingerprint density at radius 2 is 1.88 bits per heavy atom. The van der Waals surface area contributed by atoms with E-state index in [9.17, 15) is 9.59 Å². The molecule has 0 spiro atoms. The van der Waals surface area contributed by atoms with Crippen LogP contribution < -0.4 is 10.1 Å². The number of hydrogen-bond acceptors (Lipinski definition) is 4. The molecule has 24 heavy (non-hydrogen) atoms. The van der Waals surface area contributed by atoms with Crippen LogP contribution in [0.25, 0.3) is 0 Å². The van der Waals surface area contributed by atoms with Crippen LogP contribution >= 0.6 is 11.6 Å². The maximum Gasteiger partial charge on any atom is 0.344 e. The third-order valence-electron chi connectivity index (χ3n) is 3.14. The molecule has 0 saturated heterocycles. The Labute approximate surface area is 145 Å². The van der Waals surface area contributed by atoms with Crippen molar-refractivity contribution in [2.45, 2.75) is 19.6 Å². The second kappa shape index (κ2) is 8.93. The third-order valence-corrected chi connectivity index (χ3v) is 3.37. The van der Waals surface area contributed by atoms with Crippen LogP contribution in [-0.4, -0.2) is 24.6 Å². The molecule has 1 amide bonds. The number of amides is 1. The fraction of sp³-hybridized carbons (Fsp3) is 0.222. The first-order valence-corrected chi connectivity index (χ1v) is 7.82. The van der Waals surface area contributed by atoms with Gasteiger partial charge in [0.2, 0.25) is 0 Å². The molecular formula is C18H18ClNO4. The first-order chi connectivity index (χ1) is 11.5. The van der Waals surface area contributed by atoms with Crippen molar-refractivity contribution in [1.29, 1.82) is 0 Å². The summed E-state index contributed by atoms with van der Waals surface area (Å²) in [5, 5.41) is 3.22. The van der Waals surface area contributed by atoms with Gasteiger partial charge in [0.05, 0.1) is 0 Å². The summed E-state index contributed by atoms with van der Waals surface area (Å²) in [6.07, 6.45) is -0.899. The Morgan fingerprint density at radius 1 is 1.12 bits per heavy atom. The van der Waals surface area contributed by atoms with E-state index in [0.29, 0.717) is 17.3 Å². The van der Waals surface area contributed by atoms with E-state index >= 15 is 0 Å². The molecule has 126 valence electrons. The first kappa shape index (κ1) is 17.8. The van der Waals surface area contributed by atoms with Gasteiger partial charge < -0.3 is 14.8 Å². The summed E-state index contributed by atoms with van der Waals surface area (Å²) in [5.74, 6) is -0.534. The molecule has 0 aromatic heterocycles. The highest BCUT2D eigenvalue weighted by molar-refractivity contribution is 6.30. The number of halogens is 1. The minimum Gasteiger partial charge on any atom is -0.482 e. The lowest BCUT2D eigenvalue weighted by molar-refractivity contribution is -0.156. The minimum atomic E-state index is -0.899. The minimum absolute atomic E-state index is 0.295. The zero-order valence-corrected chi connectivity index (χ0v) is 14.0. The monoisotopic (exact) mass is 347 g/mol. The van der Waals surface area contributed by atoms with Crippen molar-refractivity contribution in [2.24, 2.45) is 0 Å². The van der Waals surface area contributed by atoms with Gasteiger partial charge in [0.15, 0.2) is 12.7 Å². The molecule has 0 aliphatic rings. The zero-order valence-electron chi connectivity index (χ0n) is 13.2. The average Bonchev–Trinajstić information content (AvgIpc) is 2.59. The molecule has 0 heterocycles. The van der Waals surface area contributed by atoms with E-state index in [2.05, 4.69) is 5.32 Å². The highest BCUT2D eigenvalue weighted by Crippen LogP contribution is 2.17. The molecule has 1 atom stereocenters. The number of carbonyl (C=O) groups excluding carboxylic acids is 2. The molecule has 2 aromatic carbocycles. The average molecular weight is 348 g/mol. The van der Waals surface area contributed by atoms with Crippen molar-refractivity contribution in [3.05, 3.63) is 65.2 Å². The van der Waals surface area contributed by atoms with Crippen molar-refractivity contribution in [2.75, 3.05) is 6.61 Å². The van der Waals surface area contributed by atoms with Gasteiger partial charge in [-0.2, -0.15) is 0 Å². The normalized spacial score (nSPS) is 11.4. The van der Waals surface area contributed by atoms with Crippen molar-refractivity contribution >= 4 is 23.5 Å². The molecule has 0 saturated carbocycles. The van der Waals surface area contributed by atoms with Crippen LogP contribution in [0.4, 0.5) is 0 Å². The highest BCUT2D eigenvalue weighted by atomic mass is 35.5. The fourth-order valence-corrected chi connectivity index (χ4v) is 2.09. The summed E-state index contributed by atoms with van der Waals surface area (Å²) >= 11 is 5.82. The quantitative estimate of drug-likeness (QED) is 0.782. The van der Waals surface area contributed by atoms with Crippen molar-refractivity contribution in [1.82, 2.24) is 5.32 Å². The Balaban J connectivity index is 1.73. The predicted molar refractivity (Wildman–Crippen MR) is 90.8 cm³/mol. The van der Waals surface area contributed by atoms with Gasteiger partial charge >= 0.3 is 5.97 Å². The third kappa shape index (κ3) is 5.93. The number of nitrogens with one attached hydrogen (secondary N) is 1. The van der Waals surface area contributed by atoms with Crippen molar-refractivity contribution in [3.8, 4) is 5.75 Å². The van der Waals surface area contributed by atoms with Crippen LogP contribution in [0, 0.1) is 0 Å². The second-order valence-corrected chi connectivity index (χ2v) is 5.52. The van der Waals surface area contributed by atoms with E-state index in [4.69, 9.17) is 21.1 Å². The fourth-order valence-electron chi connectivity index (χ4n) is 1.91. The summed E-state index contributed by atoms with van der Waals surface area (Å²) in [4.78, 5) is 23.7. The van der Waals surface area contributed by atoms with E-state index in [1.165, 1.54) is 6.92 Å². The van der Waals surface area contributed by atoms with Gasteiger partial charge in [-0.3, -0.25) is 4.79 Å². The number of carbonyl (C=O) groups is 2.